The number of carboxylic acid groups (broad SMARTS) is 1. The van der Waals surface area contributed by atoms with Gasteiger partial charge in [-0.25, -0.2) is 27.5 Å². The van der Waals surface area contributed by atoms with Crippen molar-refractivity contribution in [2.24, 2.45) is 5.41 Å². The number of likely N-dealkylation sites (tertiary alicyclic amines) is 1. The zero-order valence-electron chi connectivity index (χ0n) is 58.4. The molecule has 1 saturated carbocycles. The summed E-state index contributed by atoms with van der Waals surface area (Å²) in [7, 11) is -2.72. The molecule has 2 aliphatic carbocycles. The van der Waals surface area contributed by atoms with E-state index in [-0.39, 0.29) is 51.5 Å². The predicted molar refractivity (Wildman–Crippen MR) is 379 cm³/mol. The van der Waals surface area contributed by atoms with E-state index in [1.54, 1.807) is 109 Å². The molecule has 25 nitrogen and oxygen atoms in total. The number of ether oxygens (including phenoxy) is 4. The van der Waals surface area contributed by atoms with Gasteiger partial charge >= 0.3 is 18.2 Å². The number of fused-ring (bicyclic) bond motifs is 4. The number of nitrogens with zero attached hydrogens (tertiary/aromatic N) is 5. The minimum atomic E-state index is -4.12. The third-order valence-electron chi connectivity index (χ3n) is 18.4. The first-order valence-corrected chi connectivity index (χ1v) is 35.3. The number of aromatic nitrogens is 3. The average molecular weight is 1410 g/mol. The second-order valence-corrected chi connectivity index (χ2v) is 30.1. The Bertz CT molecular complexity index is 4380. The monoisotopic (exact) mass is 1410 g/mol. The van der Waals surface area contributed by atoms with Gasteiger partial charge < -0.3 is 50.2 Å². The summed E-state index contributed by atoms with van der Waals surface area (Å²) in [6.07, 6.45) is 5.59. The highest BCUT2D eigenvalue weighted by Crippen LogP contribution is 2.45. The van der Waals surface area contributed by atoms with E-state index in [2.05, 4.69) is 42.2 Å². The van der Waals surface area contributed by atoms with Gasteiger partial charge in [-0.2, -0.15) is 0 Å². The van der Waals surface area contributed by atoms with Crippen molar-refractivity contribution < 1.29 is 70.8 Å². The highest BCUT2D eigenvalue weighted by Gasteiger charge is 2.48. The molecule has 8 atom stereocenters. The molecular formula is C76H86N10O15S. The Morgan fingerprint density at radius 3 is 1.94 bits per heavy atom. The summed E-state index contributed by atoms with van der Waals surface area (Å²) < 4.78 is 53.1. The van der Waals surface area contributed by atoms with Gasteiger partial charge in [0.15, 0.2) is 0 Å². The standard InChI is InChI=1S/C76H86N10O15S/c1-11-36-98-54-30-25-47(26-31-54)38-63(69(89)82-102(96,97)56-34-35-56)77-68(88)62(39-48-24-27-50-18-12-13-19-51(50)37-48)78-70(90)64-40-53(42-85(64)71(91)66(75(4,5)6)80-67(87)46(3)84(10)74(95)101-76(7,8)9)86-41-52(81-83-86)43-99-55-32-28-49(29-33-55)45(2)65(72(92)93)79-73(94)100-44-61-59-22-16-14-20-57(59)58-21-15-17-23-60(58)61/h1,12-33,37,41,45-46,53,56,61-66H,34-36,38-40,42-44H2,2-10H3,(H,77,88)(H,78,90)(H,79,94)(H,80,87)(H,82,89)(H,92,93)/t45?,46-,53-,62-,63-,64-,65?,66+/m0/s1. The quantitative estimate of drug-likeness (QED) is 0.0265. The van der Waals surface area contributed by atoms with Gasteiger partial charge in [-0.15, -0.1) is 11.5 Å². The third-order valence-corrected chi connectivity index (χ3v) is 20.3. The van der Waals surface area contributed by atoms with E-state index in [1.807, 2.05) is 84.9 Å². The van der Waals surface area contributed by atoms with Crippen LogP contribution in [0.2, 0.25) is 0 Å². The zero-order chi connectivity index (χ0) is 73.4. The Balaban J connectivity index is 0.881. The lowest BCUT2D eigenvalue weighted by atomic mass is 9.85. The van der Waals surface area contributed by atoms with Crippen LogP contribution in [0.15, 0.2) is 146 Å². The molecule has 0 bridgehead atoms. The Labute approximate surface area is 592 Å². The summed E-state index contributed by atoms with van der Waals surface area (Å²) in [5, 5.41) is 31.1. The summed E-state index contributed by atoms with van der Waals surface area (Å²) >= 11 is 0. The Morgan fingerprint density at radius 2 is 1.31 bits per heavy atom. The number of carboxylic acids is 1. The fraction of sp³-hybridized carbons (Fsp3) is 0.395. The maximum atomic E-state index is 15.5. The number of sulfonamides is 1. The molecule has 102 heavy (non-hydrogen) atoms. The molecule has 7 amide bonds. The molecule has 1 saturated heterocycles. The molecule has 1 aromatic heterocycles. The number of aliphatic carboxylic acids is 1. The van der Waals surface area contributed by atoms with Gasteiger partial charge in [-0.1, -0.05) is 154 Å². The van der Waals surface area contributed by atoms with E-state index in [4.69, 9.17) is 25.4 Å². The van der Waals surface area contributed by atoms with Gasteiger partial charge in [0.25, 0.3) is 5.91 Å². The number of amides is 7. The van der Waals surface area contributed by atoms with Crippen LogP contribution in [-0.2, 0) is 67.7 Å². The second kappa shape index (κ2) is 31.4. The first-order valence-electron chi connectivity index (χ1n) is 33.8. The van der Waals surface area contributed by atoms with Crippen molar-refractivity contribution in [3.05, 3.63) is 179 Å². The molecule has 0 radical (unpaired) electrons. The van der Waals surface area contributed by atoms with E-state index in [9.17, 15) is 37.5 Å². The summed E-state index contributed by atoms with van der Waals surface area (Å²) in [5.74, 6) is -3.05. The van der Waals surface area contributed by atoms with Crippen molar-refractivity contribution in [1.82, 2.24) is 50.8 Å². The molecular weight excluding hydrogens is 1320 g/mol. The van der Waals surface area contributed by atoms with E-state index < -0.39 is 122 Å². The first kappa shape index (κ1) is 73.9. The van der Waals surface area contributed by atoms with Crippen LogP contribution in [0.1, 0.15) is 126 Å². The zero-order valence-corrected chi connectivity index (χ0v) is 59.2. The van der Waals surface area contributed by atoms with Gasteiger partial charge in [0, 0.05) is 44.7 Å². The van der Waals surface area contributed by atoms with Gasteiger partial charge in [-0.3, -0.25) is 33.6 Å². The van der Waals surface area contributed by atoms with Crippen LogP contribution < -0.4 is 35.5 Å². The van der Waals surface area contributed by atoms with Crippen molar-refractivity contribution in [3.63, 3.8) is 0 Å². The van der Waals surface area contributed by atoms with Crippen LogP contribution >= 0.6 is 0 Å². The van der Waals surface area contributed by atoms with E-state index >= 15 is 14.4 Å². The molecule has 6 aromatic carbocycles. The number of carbonyl (C=O) groups is 8. The van der Waals surface area contributed by atoms with Crippen molar-refractivity contribution in [2.75, 3.05) is 26.8 Å². The largest absolute Gasteiger partial charge is 0.487 e. The summed E-state index contributed by atoms with van der Waals surface area (Å²) in [6.45, 7) is 13.1. The predicted octanol–water partition coefficient (Wildman–Crippen LogP) is 8.11. The average Bonchev–Trinajstić information content (AvgIpc) is 1.61. The number of nitrogens with one attached hydrogen (secondary N) is 5. The number of hydrogen-bond donors (Lipinski definition) is 6. The molecule has 10 rings (SSSR count). The van der Waals surface area contributed by atoms with E-state index in [1.165, 1.54) is 23.6 Å². The van der Waals surface area contributed by atoms with E-state index in [0.717, 1.165) is 37.9 Å². The molecule has 26 heteroatoms. The smallest absolute Gasteiger partial charge is 0.410 e. The Kier molecular flexibility index (Phi) is 22.7. The SMILES string of the molecule is C#CCOc1ccc(C[C@H](NC(=O)[C@H](Cc2ccc3ccccc3c2)NC(=O)[C@@H]2C[C@H](n3cc(COc4ccc(C(C)C(NC(=O)OCC5c6ccccc6-c6ccccc65)C(=O)O)cc4)nn3)CN2C(=O)[C@@H](NC(=O)[C@H](C)N(C)C(=O)OC(C)(C)C)C(C)(C)C)C(=O)NS(=O)(=O)C2CC2)cc1. The van der Waals surface area contributed by atoms with Crippen molar-refractivity contribution in [1.29, 1.82) is 0 Å². The van der Waals surface area contributed by atoms with Crippen LogP contribution in [0.25, 0.3) is 21.9 Å². The van der Waals surface area contributed by atoms with E-state index in [0.29, 0.717) is 46.7 Å². The van der Waals surface area contributed by atoms with Crippen molar-refractivity contribution in [3.8, 4) is 35.0 Å². The fourth-order valence-corrected chi connectivity index (χ4v) is 13.8. The molecule has 3 aliphatic rings. The van der Waals surface area contributed by atoms with Crippen LogP contribution in [0.3, 0.4) is 0 Å². The van der Waals surface area contributed by atoms with Crippen LogP contribution in [0.5, 0.6) is 11.5 Å². The summed E-state index contributed by atoms with van der Waals surface area (Å²) in [4.78, 5) is 116. The molecule has 2 heterocycles. The fourth-order valence-electron chi connectivity index (χ4n) is 12.5. The lowest BCUT2D eigenvalue weighted by Gasteiger charge is -2.37. The number of terminal acetylenes is 1. The Hall–Kier alpha value is -10.8. The molecule has 2 unspecified atom stereocenters. The molecule has 7 aromatic rings. The van der Waals surface area contributed by atoms with Crippen molar-refractivity contribution >= 4 is 68.5 Å². The number of rotatable bonds is 27. The Morgan fingerprint density at radius 1 is 0.716 bits per heavy atom. The molecule has 2 fully saturated rings. The summed E-state index contributed by atoms with van der Waals surface area (Å²) in [5.41, 5.74) is 4.24. The third kappa shape index (κ3) is 18.2. The highest BCUT2D eigenvalue weighted by atomic mass is 32.2. The first-order chi connectivity index (χ1) is 48.4. The normalized spacial score (nSPS) is 16.8. The van der Waals surface area contributed by atoms with Crippen molar-refractivity contribution in [2.45, 2.75) is 159 Å². The van der Waals surface area contributed by atoms with Gasteiger partial charge in [0.1, 0.15) is 78.9 Å². The maximum absolute atomic E-state index is 15.5. The van der Waals surface area contributed by atoms with Crippen LogP contribution in [0, 0.1) is 17.8 Å². The second-order valence-electron chi connectivity index (χ2n) is 28.2. The minimum absolute atomic E-state index is 0.000342. The number of alkyl carbamates (subject to hydrolysis) is 1. The number of hydrogen-bond acceptors (Lipinski definition) is 16. The number of benzene rings is 6. The maximum Gasteiger partial charge on any atom is 0.410 e. The highest BCUT2D eigenvalue weighted by molar-refractivity contribution is 7.91. The van der Waals surface area contributed by atoms with Crippen LogP contribution in [0.4, 0.5) is 9.59 Å². The van der Waals surface area contributed by atoms with Crippen LogP contribution in [-0.4, -0.2) is 160 Å². The molecule has 6 N–H and O–H groups in total. The summed E-state index contributed by atoms with van der Waals surface area (Å²) in [6, 6.07) is 33.1. The van der Waals surface area contributed by atoms with Gasteiger partial charge in [-0.05, 0) is 120 Å². The molecule has 0 spiro atoms. The lowest BCUT2D eigenvalue weighted by Crippen LogP contribution is -2.61. The number of likely N-dealkylation sites (N-methyl/N-ethyl adjacent to an activating group) is 1. The lowest BCUT2D eigenvalue weighted by molar-refractivity contribution is -0.145. The molecule has 1 aliphatic heterocycles. The number of carbonyl (C=O) groups excluding carboxylic acids is 7. The minimum Gasteiger partial charge on any atom is -0.487 e. The van der Waals surface area contributed by atoms with Gasteiger partial charge in [0.2, 0.25) is 33.7 Å². The van der Waals surface area contributed by atoms with Gasteiger partial charge in [0.05, 0.1) is 17.5 Å². The molecule has 536 valence electrons. The topological polar surface area (TPSA) is 325 Å².